The molecule has 7 N–H and O–H groups in total. The second kappa shape index (κ2) is 14.1. The number of hydrogen-bond donors (Lipinski definition) is 6. The minimum Gasteiger partial charge on any atom is -0.508 e. The number of aliphatic hydroxyl groups is 3. The van der Waals surface area contributed by atoms with Gasteiger partial charge in [-0.05, 0) is 87.1 Å². The molecule has 12 heteroatoms. The molecule has 258 valence electrons. The number of nitrogens with zero attached hydrogens (tertiary/aromatic N) is 1. The minimum atomic E-state index is -2.69. The molecule has 2 aromatic rings. The third-order valence-electron chi connectivity index (χ3n) is 9.77. The van der Waals surface area contributed by atoms with E-state index in [1.807, 2.05) is 18.2 Å². The lowest BCUT2D eigenvalue weighted by atomic mass is 9.57. The first-order valence-corrected chi connectivity index (χ1v) is 16.3. The number of rotatable bonds is 13. The molecule has 4 unspecified atom stereocenters. The number of aromatic hydroxyl groups is 1. The number of nitrogens with two attached hydrogens (primary N) is 1. The van der Waals surface area contributed by atoms with Crippen LogP contribution in [-0.4, -0.2) is 95.4 Å². The molecule has 3 aliphatic rings. The van der Waals surface area contributed by atoms with Crippen LogP contribution in [0.5, 0.6) is 11.5 Å². The van der Waals surface area contributed by atoms with E-state index in [-0.39, 0.29) is 29.7 Å². The molecule has 2 aromatic carbocycles. The van der Waals surface area contributed by atoms with E-state index in [2.05, 4.69) is 12.2 Å². The zero-order valence-corrected chi connectivity index (χ0v) is 27.8. The van der Waals surface area contributed by atoms with E-state index in [9.17, 15) is 34.8 Å². The van der Waals surface area contributed by atoms with E-state index in [1.165, 1.54) is 11.0 Å². The molecule has 4 atom stereocenters. The van der Waals surface area contributed by atoms with Gasteiger partial charge in [0, 0.05) is 36.8 Å². The Morgan fingerprint density at radius 2 is 1.81 bits per heavy atom. The molecular formula is C36H45N3O9. The monoisotopic (exact) mass is 663 g/mol. The molecule has 3 aliphatic carbocycles. The molecule has 48 heavy (non-hydrogen) atoms. The lowest BCUT2D eigenvalue weighted by Crippen LogP contribution is -2.65. The van der Waals surface area contributed by atoms with Gasteiger partial charge in [-0.3, -0.25) is 19.3 Å². The Labute approximate surface area is 279 Å². The Hall–Kier alpha value is -4.23. The van der Waals surface area contributed by atoms with E-state index < -0.39 is 58.0 Å². The van der Waals surface area contributed by atoms with Crippen molar-refractivity contribution in [3.63, 3.8) is 0 Å². The van der Waals surface area contributed by atoms with E-state index in [0.29, 0.717) is 30.0 Å². The van der Waals surface area contributed by atoms with E-state index in [0.717, 1.165) is 43.5 Å². The number of methoxy groups -OCH3 is 1. The van der Waals surface area contributed by atoms with Gasteiger partial charge in [0.25, 0.3) is 5.91 Å². The normalized spacial score (nSPS) is 23.7. The van der Waals surface area contributed by atoms with Gasteiger partial charge in [-0.2, -0.15) is 0 Å². The molecule has 0 radical (unpaired) electrons. The predicted molar refractivity (Wildman–Crippen MR) is 178 cm³/mol. The van der Waals surface area contributed by atoms with Gasteiger partial charge in [0.2, 0.25) is 5.78 Å². The fourth-order valence-electron chi connectivity index (χ4n) is 7.45. The van der Waals surface area contributed by atoms with Crippen LogP contribution in [0.2, 0.25) is 0 Å². The maximum Gasteiger partial charge on any atom is 0.255 e. The van der Waals surface area contributed by atoms with Gasteiger partial charge >= 0.3 is 0 Å². The molecule has 1 saturated carbocycles. The van der Waals surface area contributed by atoms with Crippen LogP contribution in [0.4, 0.5) is 0 Å². The summed E-state index contributed by atoms with van der Waals surface area (Å²) < 4.78 is 11.4. The third kappa shape index (κ3) is 5.98. The number of hydrogen-bond acceptors (Lipinski definition) is 11. The zero-order valence-electron chi connectivity index (χ0n) is 27.8. The number of carbonyl (C=O) groups excluding carboxylic acids is 3. The van der Waals surface area contributed by atoms with Crippen molar-refractivity contribution in [2.45, 2.75) is 57.2 Å². The van der Waals surface area contributed by atoms with E-state index in [4.69, 9.17) is 15.2 Å². The SMILES string of the molecule is CCCCOCCCNCc1ccc(OC)c(-c2ccc(O)c3c2CC2CC4C(N(C)C)C(=O)C(C(N)=O)=C(O)C4(O)C(=O)C2=C3O)c1. The average Bonchev–Trinajstić information content (AvgIpc) is 3.03. The standard InChI is InChI=1S/C36H45N3O9/c1-5-6-13-48-14-7-12-38-18-19-8-11-26(47-4)22(15-19)21-9-10-25(40)28-23(21)16-20-17-24-30(39(2)3)32(42)29(35(37)45)34(44)36(24,46)33(43)27(20)31(28)41/h8-11,15,20,24,30,38,40-41,44,46H,5-7,12-14,16-18H2,1-4H3,(H2,37,45). The zero-order chi connectivity index (χ0) is 34.9. The number of phenolic OH excluding ortho intramolecular Hbond substituents is 1. The number of aliphatic hydroxyl groups excluding tert-OH is 2. The van der Waals surface area contributed by atoms with Crippen LogP contribution in [0, 0.1) is 11.8 Å². The highest BCUT2D eigenvalue weighted by Gasteiger charge is 2.64. The molecule has 0 spiro atoms. The van der Waals surface area contributed by atoms with Gasteiger partial charge in [0.05, 0.1) is 18.7 Å². The highest BCUT2D eigenvalue weighted by atomic mass is 16.5. The number of phenols is 1. The van der Waals surface area contributed by atoms with Crippen LogP contribution >= 0.6 is 0 Å². The van der Waals surface area contributed by atoms with E-state index in [1.54, 1.807) is 27.3 Å². The lowest BCUT2D eigenvalue weighted by molar-refractivity contribution is -0.153. The van der Waals surface area contributed by atoms with Crippen molar-refractivity contribution >= 4 is 23.2 Å². The maximum atomic E-state index is 14.2. The smallest absolute Gasteiger partial charge is 0.255 e. The first-order chi connectivity index (χ1) is 22.9. The molecule has 1 fully saturated rings. The molecule has 0 aromatic heterocycles. The number of ketones is 2. The van der Waals surface area contributed by atoms with Crippen molar-refractivity contribution in [2.24, 2.45) is 17.6 Å². The summed E-state index contributed by atoms with van der Waals surface area (Å²) in [6, 6.07) is 7.79. The van der Waals surface area contributed by atoms with Gasteiger partial charge in [-0.15, -0.1) is 0 Å². The Morgan fingerprint density at radius 3 is 2.48 bits per heavy atom. The van der Waals surface area contributed by atoms with Crippen LogP contribution in [-0.2, 0) is 32.1 Å². The topological polar surface area (TPSA) is 192 Å². The first kappa shape index (κ1) is 35.1. The molecule has 1 amide bonds. The number of Topliss-reactive ketones (excluding diaryl/α,β-unsaturated/α-hetero) is 2. The van der Waals surface area contributed by atoms with E-state index >= 15 is 0 Å². The summed E-state index contributed by atoms with van der Waals surface area (Å²) in [5.74, 6) is -6.32. The average molecular weight is 664 g/mol. The summed E-state index contributed by atoms with van der Waals surface area (Å²) in [5, 5.41) is 49.0. The number of fused-ring (bicyclic) bond motifs is 3. The van der Waals surface area contributed by atoms with Crippen LogP contribution in [0.1, 0.15) is 49.3 Å². The minimum absolute atomic E-state index is 0.00408. The Kier molecular flexibility index (Phi) is 10.3. The third-order valence-corrected chi connectivity index (χ3v) is 9.77. The second-order valence-corrected chi connectivity index (χ2v) is 13.0. The van der Waals surface area contributed by atoms with Crippen molar-refractivity contribution in [3.05, 3.63) is 63.9 Å². The van der Waals surface area contributed by atoms with Crippen molar-refractivity contribution in [3.8, 4) is 22.6 Å². The molecule has 0 aliphatic heterocycles. The fourth-order valence-corrected chi connectivity index (χ4v) is 7.45. The number of nitrogens with one attached hydrogen (secondary N) is 1. The molecule has 0 heterocycles. The summed E-state index contributed by atoms with van der Waals surface area (Å²) in [6.45, 7) is 4.94. The number of primary amides is 1. The number of ether oxygens (including phenoxy) is 2. The maximum absolute atomic E-state index is 14.2. The predicted octanol–water partition coefficient (Wildman–Crippen LogP) is 2.94. The van der Waals surface area contributed by atoms with Crippen molar-refractivity contribution in [1.29, 1.82) is 0 Å². The summed E-state index contributed by atoms with van der Waals surface area (Å²) in [5.41, 5.74) is 4.65. The number of likely N-dealkylation sites (N-methyl/N-ethyl adjacent to an activating group) is 1. The molecule has 5 rings (SSSR count). The number of carbonyl (C=O) groups is 3. The number of amides is 1. The van der Waals surface area contributed by atoms with Crippen LogP contribution in [0.25, 0.3) is 16.9 Å². The highest BCUT2D eigenvalue weighted by molar-refractivity contribution is 6.24. The van der Waals surface area contributed by atoms with Crippen molar-refractivity contribution < 1.29 is 44.3 Å². The summed E-state index contributed by atoms with van der Waals surface area (Å²) in [7, 11) is 4.69. The first-order valence-electron chi connectivity index (χ1n) is 16.3. The molecule has 0 saturated heterocycles. The summed E-state index contributed by atoms with van der Waals surface area (Å²) in [4.78, 5) is 41.3. The van der Waals surface area contributed by atoms with Gasteiger partial charge in [0.1, 0.15) is 28.6 Å². The highest BCUT2D eigenvalue weighted by Crippen LogP contribution is 2.54. The van der Waals surface area contributed by atoms with Gasteiger partial charge < -0.3 is 41.0 Å². The Morgan fingerprint density at radius 1 is 1.08 bits per heavy atom. The van der Waals surface area contributed by atoms with Crippen LogP contribution in [0.3, 0.4) is 0 Å². The van der Waals surface area contributed by atoms with Gasteiger partial charge in [0.15, 0.2) is 11.4 Å². The van der Waals surface area contributed by atoms with Crippen molar-refractivity contribution in [1.82, 2.24) is 10.2 Å². The lowest BCUT2D eigenvalue weighted by Gasteiger charge is -2.50. The summed E-state index contributed by atoms with van der Waals surface area (Å²) in [6.07, 6.45) is 3.19. The number of unbranched alkanes of at least 4 members (excludes halogenated alkanes) is 1. The van der Waals surface area contributed by atoms with Gasteiger partial charge in [-0.25, -0.2) is 0 Å². The number of benzene rings is 2. The van der Waals surface area contributed by atoms with Crippen LogP contribution < -0.4 is 15.8 Å². The van der Waals surface area contributed by atoms with Crippen LogP contribution in [0.15, 0.2) is 47.2 Å². The second-order valence-electron chi connectivity index (χ2n) is 13.0. The quantitative estimate of drug-likeness (QED) is 0.136. The largest absolute Gasteiger partial charge is 0.508 e. The molecule has 0 bridgehead atoms. The Balaban J connectivity index is 1.53. The summed E-state index contributed by atoms with van der Waals surface area (Å²) >= 11 is 0. The van der Waals surface area contributed by atoms with Crippen molar-refractivity contribution in [2.75, 3.05) is 41.0 Å². The molecular weight excluding hydrogens is 618 g/mol. The van der Waals surface area contributed by atoms with Gasteiger partial charge in [-0.1, -0.05) is 25.5 Å². The fraction of sp³-hybridized carbons (Fsp3) is 0.472. The Bertz CT molecular complexity index is 1680. The molecule has 12 nitrogen and oxygen atoms in total.